The van der Waals surface area contributed by atoms with E-state index in [1.54, 1.807) is 25.1 Å². The number of anilines is 2. The van der Waals surface area contributed by atoms with E-state index >= 15 is 0 Å². The molecule has 0 aliphatic carbocycles. The molecule has 6 heteroatoms. The minimum absolute atomic E-state index is 0.0608. The molecule has 4 nitrogen and oxygen atoms in total. The number of aryl methyl sites for hydroxylation is 1. The summed E-state index contributed by atoms with van der Waals surface area (Å²) < 4.78 is 13.5. The number of benzene rings is 1. The van der Waals surface area contributed by atoms with E-state index in [0.29, 0.717) is 5.82 Å². The van der Waals surface area contributed by atoms with Gasteiger partial charge in [0.05, 0.1) is 10.7 Å². The largest absolute Gasteiger partial charge is 0.324 e. The van der Waals surface area contributed by atoms with Gasteiger partial charge in [-0.05, 0) is 31.2 Å². The molecule has 0 bridgehead atoms. The molecule has 0 spiro atoms. The summed E-state index contributed by atoms with van der Waals surface area (Å²) in [5.41, 5.74) is 0.705. The van der Waals surface area contributed by atoms with Crippen LogP contribution in [0.15, 0.2) is 36.4 Å². The predicted molar refractivity (Wildman–Crippen MR) is 73.0 cm³/mol. The number of nitrogens with one attached hydrogen (secondary N) is 2. The second kappa shape index (κ2) is 5.67. The standard InChI is InChI=1S/C13H11ClFN3O/c1-8-4-2-7-11(16-8)17-13(19)18-12-9(14)5-3-6-10(12)15/h2-7H,1H3,(H2,16,17,18,19). The van der Waals surface area contributed by atoms with Crippen molar-refractivity contribution in [2.45, 2.75) is 6.92 Å². The number of carbonyl (C=O) groups excluding carboxylic acids is 1. The maximum atomic E-state index is 13.5. The lowest BCUT2D eigenvalue weighted by molar-refractivity contribution is 0.262. The Kier molecular flexibility index (Phi) is 3.97. The van der Waals surface area contributed by atoms with Crippen LogP contribution in [0.4, 0.5) is 20.7 Å². The molecule has 0 fully saturated rings. The van der Waals surface area contributed by atoms with Gasteiger partial charge in [0.15, 0.2) is 0 Å². The van der Waals surface area contributed by atoms with E-state index in [1.165, 1.54) is 18.2 Å². The van der Waals surface area contributed by atoms with Gasteiger partial charge in [0, 0.05) is 5.69 Å². The average molecular weight is 280 g/mol. The van der Waals surface area contributed by atoms with Gasteiger partial charge in [-0.15, -0.1) is 0 Å². The Morgan fingerprint density at radius 1 is 1.21 bits per heavy atom. The number of amides is 2. The lowest BCUT2D eigenvalue weighted by atomic mass is 10.3. The highest BCUT2D eigenvalue weighted by molar-refractivity contribution is 6.33. The van der Waals surface area contributed by atoms with Gasteiger partial charge in [0.25, 0.3) is 0 Å². The lowest BCUT2D eigenvalue weighted by Gasteiger charge is -2.09. The quantitative estimate of drug-likeness (QED) is 0.878. The fourth-order valence-corrected chi connectivity index (χ4v) is 1.70. The molecule has 2 N–H and O–H groups in total. The highest BCUT2D eigenvalue weighted by Crippen LogP contribution is 2.24. The van der Waals surface area contributed by atoms with E-state index in [1.807, 2.05) is 0 Å². The van der Waals surface area contributed by atoms with E-state index < -0.39 is 11.8 Å². The maximum absolute atomic E-state index is 13.5. The van der Waals surface area contributed by atoms with Crippen LogP contribution in [0.1, 0.15) is 5.69 Å². The molecule has 2 rings (SSSR count). The van der Waals surface area contributed by atoms with Crippen molar-refractivity contribution in [3.63, 3.8) is 0 Å². The number of halogens is 2. The van der Waals surface area contributed by atoms with Crippen LogP contribution in [0.2, 0.25) is 5.02 Å². The molecule has 0 saturated heterocycles. The molecule has 0 saturated carbocycles. The molecule has 2 aromatic rings. The van der Waals surface area contributed by atoms with E-state index in [9.17, 15) is 9.18 Å². The minimum Gasteiger partial charge on any atom is -0.304 e. The summed E-state index contributed by atoms with van der Waals surface area (Å²) in [6, 6.07) is 8.76. The Bertz CT molecular complexity index is 598. The zero-order valence-corrected chi connectivity index (χ0v) is 10.8. The number of para-hydroxylation sites is 1. The molecular formula is C13H11ClFN3O. The third kappa shape index (κ3) is 3.42. The molecular weight excluding hydrogens is 269 g/mol. The van der Waals surface area contributed by atoms with Crippen molar-refractivity contribution >= 4 is 29.1 Å². The van der Waals surface area contributed by atoms with Gasteiger partial charge < -0.3 is 5.32 Å². The number of hydrogen-bond donors (Lipinski definition) is 2. The molecule has 1 aromatic carbocycles. The van der Waals surface area contributed by atoms with Crippen LogP contribution < -0.4 is 10.6 Å². The predicted octanol–water partition coefficient (Wildman–Crippen LogP) is 3.83. The first-order chi connectivity index (χ1) is 9.06. The fraction of sp³-hybridized carbons (Fsp3) is 0.0769. The van der Waals surface area contributed by atoms with E-state index in [-0.39, 0.29) is 10.7 Å². The maximum Gasteiger partial charge on any atom is 0.324 e. The fourth-order valence-electron chi connectivity index (χ4n) is 1.49. The Labute approximate surface area is 114 Å². The highest BCUT2D eigenvalue weighted by atomic mass is 35.5. The first-order valence-corrected chi connectivity index (χ1v) is 5.90. The molecule has 19 heavy (non-hydrogen) atoms. The van der Waals surface area contributed by atoms with Gasteiger partial charge in [-0.2, -0.15) is 0 Å². The van der Waals surface area contributed by atoms with Crippen molar-refractivity contribution in [1.29, 1.82) is 0 Å². The average Bonchev–Trinajstić information content (AvgIpc) is 2.34. The zero-order chi connectivity index (χ0) is 13.8. The number of urea groups is 1. The van der Waals surface area contributed by atoms with Crippen molar-refractivity contribution in [2.24, 2.45) is 0 Å². The van der Waals surface area contributed by atoms with Crippen molar-refractivity contribution in [3.8, 4) is 0 Å². The molecule has 0 aliphatic rings. The second-order valence-electron chi connectivity index (χ2n) is 3.84. The number of carbonyl (C=O) groups is 1. The van der Waals surface area contributed by atoms with Crippen LogP contribution in [0.5, 0.6) is 0 Å². The Morgan fingerprint density at radius 2 is 1.95 bits per heavy atom. The normalized spacial score (nSPS) is 10.1. The van der Waals surface area contributed by atoms with Crippen LogP contribution in [0, 0.1) is 12.7 Å². The zero-order valence-electron chi connectivity index (χ0n) is 10.1. The highest BCUT2D eigenvalue weighted by Gasteiger charge is 2.10. The molecule has 2 amide bonds. The van der Waals surface area contributed by atoms with Crippen molar-refractivity contribution in [3.05, 3.63) is 52.9 Å². The molecule has 1 heterocycles. The van der Waals surface area contributed by atoms with Crippen LogP contribution in [-0.4, -0.2) is 11.0 Å². The monoisotopic (exact) mass is 279 g/mol. The smallest absolute Gasteiger partial charge is 0.304 e. The molecule has 98 valence electrons. The third-order valence-corrected chi connectivity index (χ3v) is 2.65. The number of pyridine rings is 1. The summed E-state index contributed by atoms with van der Waals surface area (Å²) in [6.45, 7) is 1.80. The Morgan fingerprint density at radius 3 is 2.63 bits per heavy atom. The van der Waals surface area contributed by atoms with E-state index in [2.05, 4.69) is 15.6 Å². The van der Waals surface area contributed by atoms with Gasteiger partial charge >= 0.3 is 6.03 Å². The summed E-state index contributed by atoms with van der Waals surface area (Å²) in [4.78, 5) is 15.8. The molecule has 1 aromatic heterocycles. The van der Waals surface area contributed by atoms with Crippen LogP contribution in [0.3, 0.4) is 0 Å². The van der Waals surface area contributed by atoms with Gasteiger partial charge in [-0.25, -0.2) is 14.2 Å². The third-order valence-electron chi connectivity index (χ3n) is 2.33. The second-order valence-corrected chi connectivity index (χ2v) is 4.25. The van der Waals surface area contributed by atoms with Gasteiger partial charge in [0.1, 0.15) is 11.6 Å². The topological polar surface area (TPSA) is 54.0 Å². The van der Waals surface area contributed by atoms with Crippen LogP contribution in [0.25, 0.3) is 0 Å². The SMILES string of the molecule is Cc1cccc(NC(=O)Nc2c(F)cccc2Cl)n1. The minimum atomic E-state index is -0.606. The number of aromatic nitrogens is 1. The molecule has 0 radical (unpaired) electrons. The number of hydrogen-bond acceptors (Lipinski definition) is 2. The van der Waals surface area contributed by atoms with Gasteiger partial charge in [-0.3, -0.25) is 5.32 Å². The Balaban J connectivity index is 2.10. The first-order valence-electron chi connectivity index (χ1n) is 5.52. The summed E-state index contributed by atoms with van der Waals surface area (Å²) in [6.07, 6.45) is 0. The van der Waals surface area contributed by atoms with E-state index in [0.717, 1.165) is 5.69 Å². The van der Waals surface area contributed by atoms with E-state index in [4.69, 9.17) is 11.6 Å². The van der Waals surface area contributed by atoms with Crippen molar-refractivity contribution < 1.29 is 9.18 Å². The lowest BCUT2D eigenvalue weighted by Crippen LogP contribution is -2.21. The summed E-state index contributed by atoms with van der Waals surface area (Å²) in [7, 11) is 0. The Hall–Kier alpha value is -2.14. The van der Waals surface area contributed by atoms with Gasteiger partial charge in [-0.1, -0.05) is 23.7 Å². The van der Waals surface area contributed by atoms with Crippen molar-refractivity contribution in [2.75, 3.05) is 10.6 Å². The number of nitrogens with zero attached hydrogens (tertiary/aromatic N) is 1. The van der Waals surface area contributed by atoms with Crippen LogP contribution in [-0.2, 0) is 0 Å². The van der Waals surface area contributed by atoms with Gasteiger partial charge in [0.2, 0.25) is 0 Å². The molecule has 0 atom stereocenters. The number of rotatable bonds is 2. The first kappa shape index (κ1) is 13.3. The van der Waals surface area contributed by atoms with Crippen LogP contribution >= 0.6 is 11.6 Å². The summed E-state index contributed by atoms with van der Waals surface area (Å²) in [5, 5.41) is 4.98. The molecule has 0 unspecified atom stereocenters. The summed E-state index contributed by atoms with van der Waals surface area (Å²) >= 11 is 5.80. The molecule has 0 aliphatic heterocycles. The van der Waals surface area contributed by atoms with Crippen molar-refractivity contribution in [1.82, 2.24) is 4.98 Å². The summed E-state index contributed by atoms with van der Waals surface area (Å²) in [5.74, 6) is -0.218.